The van der Waals surface area contributed by atoms with Crippen LogP contribution < -0.4 is 0 Å². The number of imide groups is 1. The highest BCUT2D eigenvalue weighted by atomic mass is 35.5. The van der Waals surface area contributed by atoms with Gasteiger partial charge in [0.05, 0.1) is 18.7 Å². The second-order valence-electron chi connectivity index (χ2n) is 6.03. The van der Waals surface area contributed by atoms with E-state index in [0.29, 0.717) is 22.9 Å². The van der Waals surface area contributed by atoms with Crippen LogP contribution in [0.2, 0.25) is 5.02 Å². The van der Waals surface area contributed by atoms with Crippen molar-refractivity contribution >= 4 is 29.0 Å². The van der Waals surface area contributed by atoms with Crippen molar-refractivity contribution in [1.29, 1.82) is 0 Å². The molecular weight excluding hydrogens is 328 g/mol. The first-order valence-corrected chi connectivity index (χ1v) is 8.61. The van der Waals surface area contributed by atoms with Gasteiger partial charge in [-0.05, 0) is 37.0 Å². The summed E-state index contributed by atoms with van der Waals surface area (Å²) >= 11 is 5.96. The van der Waals surface area contributed by atoms with Gasteiger partial charge in [-0.2, -0.15) is 0 Å². The third-order valence-corrected chi connectivity index (χ3v) is 4.72. The van der Waals surface area contributed by atoms with Crippen LogP contribution in [0.3, 0.4) is 0 Å². The van der Waals surface area contributed by atoms with E-state index in [2.05, 4.69) is 4.90 Å². The van der Waals surface area contributed by atoms with E-state index < -0.39 is 0 Å². The molecule has 128 valence electrons. The number of hydrogen-bond donors (Lipinski definition) is 0. The minimum atomic E-state index is -0.250. The first-order chi connectivity index (χ1) is 11.6. The molecule has 0 N–H and O–H groups in total. The maximum Gasteiger partial charge on any atom is 0.277 e. The average Bonchev–Trinajstić information content (AvgIpc) is 2.85. The zero-order valence-corrected chi connectivity index (χ0v) is 14.5. The van der Waals surface area contributed by atoms with Gasteiger partial charge in [0.1, 0.15) is 5.70 Å². The third-order valence-electron chi connectivity index (χ3n) is 4.47. The minimum Gasteiger partial charge on any atom is -0.383 e. The monoisotopic (exact) mass is 348 g/mol. The second-order valence-corrected chi connectivity index (χ2v) is 6.47. The molecule has 0 aromatic heterocycles. The Kier molecular flexibility index (Phi) is 5.21. The van der Waals surface area contributed by atoms with Crippen molar-refractivity contribution in [1.82, 2.24) is 9.80 Å². The molecule has 24 heavy (non-hydrogen) atoms. The molecule has 1 aromatic rings. The van der Waals surface area contributed by atoms with Gasteiger partial charge in [-0.15, -0.1) is 0 Å². The molecule has 2 aliphatic rings. The van der Waals surface area contributed by atoms with Crippen LogP contribution in [0, 0.1) is 0 Å². The molecule has 0 saturated carbocycles. The van der Waals surface area contributed by atoms with E-state index in [9.17, 15) is 9.59 Å². The maximum absolute atomic E-state index is 12.9. The van der Waals surface area contributed by atoms with E-state index >= 15 is 0 Å². The van der Waals surface area contributed by atoms with Crippen LogP contribution in [0.4, 0.5) is 0 Å². The molecule has 1 fully saturated rings. The number of ether oxygens (including phenoxy) is 1. The van der Waals surface area contributed by atoms with Crippen LogP contribution >= 0.6 is 11.6 Å². The molecule has 3 rings (SSSR count). The molecule has 0 spiro atoms. The number of hydrogen-bond acceptors (Lipinski definition) is 4. The Labute approximate surface area is 146 Å². The molecular formula is C18H21ClN2O3. The van der Waals surface area contributed by atoms with E-state index in [4.69, 9.17) is 16.3 Å². The summed E-state index contributed by atoms with van der Waals surface area (Å²) in [5.74, 6) is -0.469. The van der Waals surface area contributed by atoms with Gasteiger partial charge in [0.25, 0.3) is 11.8 Å². The molecule has 1 saturated heterocycles. The van der Waals surface area contributed by atoms with Crippen molar-refractivity contribution in [3.8, 4) is 0 Å². The van der Waals surface area contributed by atoms with Gasteiger partial charge < -0.3 is 9.64 Å². The number of amides is 2. The molecule has 2 aliphatic heterocycles. The first kappa shape index (κ1) is 17.0. The summed E-state index contributed by atoms with van der Waals surface area (Å²) in [6.45, 7) is 2.22. The number of piperidine rings is 1. The topological polar surface area (TPSA) is 49.9 Å². The van der Waals surface area contributed by atoms with Crippen molar-refractivity contribution < 1.29 is 14.3 Å². The van der Waals surface area contributed by atoms with Crippen LogP contribution in [-0.2, 0) is 14.3 Å². The Morgan fingerprint density at radius 3 is 2.33 bits per heavy atom. The average molecular weight is 349 g/mol. The number of rotatable bonds is 5. The molecule has 6 heteroatoms. The highest BCUT2D eigenvalue weighted by Gasteiger charge is 2.41. The van der Waals surface area contributed by atoms with Gasteiger partial charge in [0, 0.05) is 25.2 Å². The Hall–Kier alpha value is -1.85. The van der Waals surface area contributed by atoms with Crippen LogP contribution in [0.15, 0.2) is 30.0 Å². The molecule has 0 aliphatic carbocycles. The number of benzene rings is 1. The van der Waals surface area contributed by atoms with Crippen molar-refractivity contribution in [3.05, 3.63) is 40.5 Å². The highest BCUT2D eigenvalue weighted by Crippen LogP contribution is 2.33. The van der Waals surface area contributed by atoms with Gasteiger partial charge in [0.15, 0.2) is 0 Å². The van der Waals surface area contributed by atoms with Gasteiger partial charge in [0.2, 0.25) is 0 Å². The Balaban J connectivity index is 2.01. The molecule has 2 heterocycles. The summed E-state index contributed by atoms with van der Waals surface area (Å²) in [5.41, 5.74) is 1.74. The summed E-state index contributed by atoms with van der Waals surface area (Å²) in [6, 6.07) is 7.08. The van der Waals surface area contributed by atoms with Crippen molar-refractivity contribution in [2.45, 2.75) is 19.3 Å². The van der Waals surface area contributed by atoms with Crippen molar-refractivity contribution in [2.75, 3.05) is 33.4 Å². The van der Waals surface area contributed by atoms with Gasteiger partial charge in [-0.25, -0.2) is 0 Å². The molecule has 0 radical (unpaired) electrons. The molecule has 0 bridgehead atoms. The number of likely N-dealkylation sites (tertiary alicyclic amines) is 1. The molecule has 0 atom stereocenters. The van der Waals surface area contributed by atoms with Crippen molar-refractivity contribution in [3.63, 3.8) is 0 Å². The van der Waals surface area contributed by atoms with Crippen LogP contribution in [-0.4, -0.2) is 55.0 Å². The lowest BCUT2D eigenvalue weighted by Gasteiger charge is -2.29. The molecule has 5 nitrogen and oxygen atoms in total. The maximum atomic E-state index is 12.9. The third kappa shape index (κ3) is 3.19. The molecule has 1 aromatic carbocycles. The van der Waals surface area contributed by atoms with Crippen molar-refractivity contribution in [2.24, 2.45) is 0 Å². The lowest BCUT2D eigenvalue weighted by atomic mass is 10.0. The SMILES string of the molecule is COCCN1C(=O)C(c2ccc(Cl)cc2)=C(N2CCCCC2)C1=O. The zero-order chi connectivity index (χ0) is 17.1. The lowest BCUT2D eigenvalue weighted by Crippen LogP contribution is -2.38. The summed E-state index contributed by atoms with van der Waals surface area (Å²) in [5, 5.41) is 0.604. The number of carbonyl (C=O) groups excluding carboxylic acids is 2. The number of methoxy groups -OCH3 is 1. The summed E-state index contributed by atoms with van der Waals surface area (Å²) < 4.78 is 5.04. The van der Waals surface area contributed by atoms with Gasteiger partial charge in [-0.1, -0.05) is 23.7 Å². The van der Waals surface area contributed by atoms with Gasteiger partial charge >= 0.3 is 0 Å². The Bertz CT molecular complexity index is 663. The quantitative estimate of drug-likeness (QED) is 0.767. The van der Waals surface area contributed by atoms with E-state index in [-0.39, 0.29) is 18.4 Å². The van der Waals surface area contributed by atoms with E-state index in [1.165, 1.54) is 4.90 Å². The number of nitrogens with zero attached hydrogens (tertiary/aromatic N) is 2. The highest BCUT2D eigenvalue weighted by molar-refractivity contribution is 6.36. The van der Waals surface area contributed by atoms with Gasteiger partial charge in [-0.3, -0.25) is 14.5 Å². The van der Waals surface area contributed by atoms with Crippen LogP contribution in [0.5, 0.6) is 0 Å². The Morgan fingerprint density at radius 2 is 1.71 bits per heavy atom. The minimum absolute atomic E-state index is 0.219. The predicted molar refractivity (Wildman–Crippen MR) is 92.4 cm³/mol. The van der Waals surface area contributed by atoms with E-state index in [0.717, 1.165) is 37.9 Å². The fourth-order valence-electron chi connectivity index (χ4n) is 3.24. The van der Waals surface area contributed by atoms with E-state index in [1.807, 2.05) is 0 Å². The molecule has 2 amide bonds. The number of halogens is 1. The summed E-state index contributed by atoms with van der Waals surface area (Å²) in [6.07, 6.45) is 3.24. The predicted octanol–water partition coefficient (Wildman–Crippen LogP) is 2.55. The molecule has 0 unspecified atom stereocenters. The summed E-state index contributed by atoms with van der Waals surface area (Å²) in [4.78, 5) is 29.1. The second kappa shape index (κ2) is 7.36. The first-order valence-electron chi connectivity index (χ1n) is 8.24. The normalized spacial score (nSPS) is 18.8. The number of carbonyl (C=O) groups is 2. The fourth-order valence-corrected chi connectivity index (χ4v) is 3.36. The zero-order valence-electron chi connectivity index (χ0n) is 13.8. The van der Waals surface area contributed by atoms with Crippen LogP contribution in [0.1, 0.15) is 24.8 Å². The largest absolute Gasteiger partial charge is 0.383 e. The fraction of sp³-hybridized carbons (Fsp3) is 0.444. The Morgan fingerprint density at radius 1 is 1.04 bits per heavy atom. The lowest BCUT2D eigenvalue weighted by molar-refractivity contribution is -0.138. The smallest absolute Gasteiger partial charge is 0.277 e. The van der Waals surface area contributed by atoms with E-state index in [1.54, 1.807) is 31.4 Å². The standard InChI is InChI=1S/C18H21ClN2O3/c1-24-12-11-21-17(22)15(13-5-7-14(19)8-6-13)16(18(21)23)20-9-3-2-4-10-20/h5-8H,2-4,9-12H2,1H3. The summed E-state index contributed by atoms with van der Waals surface area (Å²) in [7, 11) is 1.56. The van der Waals surface area contributed by atoms with Crippen LogP contribution in [0.25, 0.3) is 5.57 Å².